The molecular formula is C44H74O9Si5. The highest BCUT2D eigenvalue weighted by molar-refractivity contribution is 6.94. The molecular weight excluding hydrogens is 813 g/mol. The first-order valence-corrected chi connectivity index (χ1v) is 37.5. The summed E-state index contributed by atoms with van der Waals surface area (Å²) < 4.78 is 64.3. The van der Waals surface area contributed by atoms with Crippen molar-refractivity contribution in [2.45, 2.75) is 202 Å². The Kier molecular flexibility index (Phi) is 9.04. The lowest BCUT2D eigenvalue weighted by Crippen LogP contribution is -2.67. The minimum Gasteiger partial charge on any atom is -0.416 e. The Morgan fingerprint density at radius 1 is 0.328 bits per heavy atom. The number of hydrogen-bond acceptors (Lipinski definition) is 9. The summed E-state index contributed by atoms with van der Waals surface area (Å²) in [5, 5.41) is 0. The number of rotatable bonds is 14. The number of hydrogen-bond donors (Lipinski definition) is 0. The van der Waals surface area contributed by atoms with Crippen molar-refractivity contribution < 1.29 is 39.5 Å². The normalized spacial score (nSPS) is 63.2. The third-order valence-corrected chi connectivity index (χ3v) is 43.1. The van der Waals surface area contributed by atoms with E-state index < -0.39 is 42.8 Å². The van der Waals surface area contributed by atoms with Crippen LogP contribution in [0.3, 0.4) is 0 Å². The first kappa shape index (κ1) is 39.1. The Balaban J connectivity index is 0.818. The molecule has 13 rings (SSSR count). The first-order chi connectivity index (χ1) is 27.8. The Morgan fingerprint density at radius 2 is 0.569 bits per heavy atom. The second kappa shape index (κ2) is 13.4. The van der Waals surface area contributed by atoms with Crippen molar-refractivity contribution in [2.75, 3.05) is 0 Å². The SMILES string of the molecule is CCC[Si]1(C)O[Si](C)(CCC2CC3CC2C2OC32)O[Si](C)(CCC2CC3CC2C2OC32)O[Si](C)(CCC2CC3CC2C2OC32)O[Si](C)(CCC2CC3CC2C2OC32)O1. The molecule has 0 amide bonds. The minimum absolute atomic E-state index is 0.542. The maximum Gasteiger partial charge on any atom is 0.317 e. The quantitative estimate of drug-likeness (QED) is 0.125. The van der Waals surface area contributed by atoms with Crippen LogP contribution in [0.4, 0.5) is 0 Å². The molecule has 13 fully saturated rings. The maximum absolute atomic E-state index is 8.02. The fourth-order valence-electron chi connectivity index (χ4n) is 17.4. The van der Waals surface area contributed by atoms with E-state index in [0.29, 0.717) is 48.8 Å². The van der Waals surface area contributed by atoms with Crippen molar-refractivity contribution in [2.24, 2.45) is 71.0 Å². The molecule has 14 heteroatoms. The van der Waals surface area contributed by atoms with Gasteiger partial charge in [0.05, 0.1) is 48.8 Å². The molecule has 324 valence electrons. The molecule has 0 aromatic carbocycles. The lowest BCUT2D eigenvalue weighted by Gasteiger charge is -2.51. The maximum atomic E-state index is 8.02. The average Bonchev–Trinajstić information content (AvgIpc) is 4.16. The minimum atomic E-state index is -2.80. The van der Waals surface area contributed by atoms with Crippen LogP contribution in [0, 0.1) is 71.0 Å². The van der Waals surface area contributed by atoms with Crippen LogP contribution in [-0.4, -0.2) is 91.6 Å². The third-order valence-electron chi connectivity index (χ3n) is 19.7. The second-order valence-corrected chi connectivity index (χ2v) is 41.9. The lowest BCUT2D eigenvalue weighted by molar-refractivity contribution is 0.207. The monoisotopic (exact) mass is 886 g/mol. The molecule has 8 saturated carbocycles. The van der Waals surface area contributed by atoms with E-state index in [1.54, 1.807) is 0 Å². The summed E-state index contributed by atoms with van der Waals surface area (Å²) in [5.41, 5.74) is 0. The smallest absolute Gasteiger partial charge is 0.317 e. The molecule has 24 unspecified atom stereocenters. The van der Waals surface area contributed by atoms with Gasteiger partial charge in [-0.25, -0.2) is 0 Å². The van der Waals surface area contributed by atoms with Crippen LogP contribution in [0.15, 0.2) is 0 Å². The molecule has 0 spiro atoms. The van der Waals surface area contributed by atoms with Gasteiger partial charge in [-0.15, -0.1) is 0 Å². The first-order valence-electron chi connectivity index (χ1n) is 24.9. The molecule has 5 aliphatic heterocycles. The van der Waals surface area contributed by atoms with E-state index in [9.17, 15) is 0 Å². The molecule has 8 bridgehead atoms. The highest BCUT2D eigenvalue weighted by atomic mass is 28.5. The Hall–Kier alpha value is 0.724. The van der Waals surface area contributed by atoms with Crippen molar-refractivity contribution in [1.82, 2.24) is 0 Å². The van der Waals surface area contributed by atoms with Crippen molar-refractivity contribution >= 4 is 42.8 Å². The fourth-order valence-corrected chi connectivity index (χ4v) is 46.9. The molecule has 0 radical (unpaired) electrons. The summed E-state index contributed by atoms with van der Waals surface area (Å²) >= 11 is 0. The van der Waals surface area contributed by atoms with Crippen molar-refractivity contribution in [3.8, 4) is 0 Å². The van der Waals surface area contributed by atoms with E-state index in [1.165, 1.54) is 77.0 Å². The molecule has 0 aromatic rings. The van der Waals surface area contributed by atoms with Gasteiger partial charge < -0.3 is 39.5 Å². The van der Waals surface area contributed by atoms with Crippen LogP contribution < -0.4 is 0 Å². The van der Waals surface area contributed by atoms with Gasteiger partial charge in [0, 0.05) is 0 Å². The van der Waals surface area contributed by atoms with Crippen molar-refractivity contribution in [3.05, 3.63) is 0 Å². The van der Waals surface area contributed by atoms with Gasteiger partial charge in [0.25, 0.3) is 0 Å². The predicted octanol–water partition coefficient (Wildman–Crippen LogP) is 9.11. The van der Waals surface area contributed by atoms with E-state index in [0.717, 1.165) is 108 Å². The topological polar surface area (TPSA) is 96.3 Å². The zero-order valence-electron chi connectivity index (χ0n) is 36.4. The molecule has 58 heavy (non-hydrogen) atoms. The van der Waals surface area contributed by atoms with Gasteiger partial charge in [-0.2, -0.15) is 0 Å². The number of ether oxygens (including phenoxy) is 4. The van der Waals surface area contributed by atoms with E-state index in [2.05, 4.69) is 39.7 Å². The molecule has 13 aliphatic rings. The molecule has 24 atom stereocenters. The van der Waals surface area contributed by atoms with Crippen LogP contribution in [0.2, 0.25) is 63.0 Å². The molecule has 9 nitrogen and oxygen atoms in total. The fraction of sp³-hybridized carbons (Fsp3) is 1.00. The van der Waals surface area contributed by atoms with Crippen molar-refractivity contribution in [3.63, 3.8) is 0 Å². The van der Waals surface area contributed by atoms with Crippen LogP contribution >= 0.6 is 0 Å². The van der Waals surface area contributed by atoms with Crippen LogP contribution in [0.25, 0.3) is 0 Å². The standard InChI is InChI=1S/C44H74O9Si5/c1-7-12-54(2)49-55(3,13-8-25-17-29-21-33(25)41-37(29)45-41)51-57(5,15-10-27-19-31-23-35(27)43-39(31)47-43)53-58(6,16-11-28-20-32-24-36(28)44-40(32)48-44)52-56(4,50-54)14-9-26-18-30-22-34(26)42-38(30)46-42/h25-44H,7-24H2,1-6H3. The summed E-state index contributed by atoms with van der Waals surface area (Å²) in [6.45, 7) is 14.6. The highest BCUT2D eigenvalue weighted by Crippen LogP contribution is 2.63. The zero-order chi connectivity index (χ0) is 39.1. The molecule has 0 N–H and O–H groups in total. The van der Waals surface area contributed by atoms with Crippen LogP contribution in [0.5, 0.6) is 0 Å². The Labute approximate surface area is 354 Å². The largest absolute Gasteiger partial charge is 0.416 e. The second-order valence-electron chi connectivity index (χ2n) is 24.0. The van der Waals surface area contributed by atoms with Gasteiger partial charge in [-0.3, -0.25) is 0 Å². The average molecular weight is 887 g/mol. The molecule has 5 saturated heterocycles. The van der Waals surface area contributed by atoms with Gasteiger partial charge in [0.2, 0.25) is 0 Å². The summed E-state index contributed by atoms with van der Waals surface area (Å²) in [6, 6.07) is 5.19. The van der Waals surface area contributed by atoms with Gasteiger partial charge in [0.1, 0.15) is 0 Å². The van der Waals surface area contributed by atoms with Gasteiger partial charge in [-0.05, 0) is 211 Å². The van der Waals surface area contributed by atoms with Crippen LogP contribution in [0.1, 0.15) is 90.4 Å². The highest BCUT2D eigenvalue weighted by Gasteiger charge is 2.67. The number of epoxide rings is 4. The third kappa shape index (κ3) is 6.65. The van der Waals surface area contributed by atoms with E-state index in [1.807, 2.05) is 0 Å². The summed E-state index contributed by atoms with van der Waals surface area (Å²) in [6.07, 6.45) is 21.3. The van der Waals surface area contributed by atoms with Crippen LogP contribution in [-0.2, 0) is 39.5 Å². The summed E-state index contributed by atoms with van der Waals surface area (Å²) in [7, 11) is -13.9. The summed E-state index contributed by atoms with van der Waals surface area (Å²) in [4.78, 5) is 0. The zero-order valence-corrected chi connectivity index (χ0v) is 41.4. The van der Waals surface area contributed by atoms with Crippen molar-refractivity contribution in [1.29, 1.82) is 0 Å². The van der Waals surface area contributed by atoms with E-state index in [4.69, 9.17) is 39.5 Å². The summed E-state index contributed by atoms with van der Waals surface area (Å²) in [5.74, 6) is 9.11. The van der Waals surface area contributed by atoms with Gasteiger partial charge in [0.15, 0.2) is 0 Å². The van der Waals surface area contributed by atoms with Gasteiger partial charge >= 0.3 is 42.8 Å². The number of fused-ring (bicyclic) bond motifs is 20. The van der Waals surface area contributed by atoms with E-state index in [-0.39, 0.29) is 0 Å². The molecule has 0 aromatic heterocycles. The van der Waals surface area contributed by atoms with Gasteiger partial charge in [-0.1, -0.05) is 13.3 Å². The molecule has 8 aliphatic carbocycles. The Bertz CT molecular complexity index is 1560. The lowest BCUT2D eigenvalue weighted by atomic mass is 9.87. The molecule has 5 heterocycles. The predicted molar refractivity (Wildman–Crippen MR) is 230 cm³/mol. The van der Waals surface area contributed by atoms with E-state index >= 15 is 0 Å². The Morgan fingerprint density at radius 3 is 0.776 bits per heavy atom.